The lowest BCUT2D eigenvalue weighted by molar-refractivity contribution is 0.0698. The first kappa shape index (κ1) is 13.0. The molecule has 1 aliphatic rings. The summed E-state index contributed by atoms with van der Waals surface area (Å²) in [7, 11) is 0. The van der Waals surface area contributed by atoms with Gasteiger partial charge in [-0.3, -0.25) is 4.57 Å². The van der Waals surface area contributed by atoms with Crippen LogP contribution in [0.3, 0.4) is 0 Å². The summed E-state index contributed by atoms with van der Waals surface area (Å²) in [5.41, 5.74) is 1.11. The van der Waals surface area contributed by atoms with E-state index in [4.69, 9.17) is 0 Å². The Morgan fingerprint density at radius 1 is 1.30 bits per heavy atom. The van der Waals surface area contributed by atoms with Crippen molar-refractivity contribution in [2.75, 3.05) is 0 Å². The number of nitrogens with one attached hydrogen (secondary N) is 1. The van der Waals surface area contributed by atoms with Gasteiger partial charge in [-0.25, -0.2) is 9.59 Å². The van der Waals surface area contributed by atoms with E-state index in [1.54, 1.807) is 22.8 Å². The number of hydrogen-bond acceptors (Lipinski definition) is 2. The van der Waals surface area contributed by atoms with Crippen LogP contribution in [0, 0.1) is 5.92 Å². The van der Waals surface area contributed by atoms with Crippen molar-refractivity contribution in [3.05, 3.63) is 34.2 Å². The standard InChI is InChI=1S/C15H18N2O3/c18-14(19)11-7-4-8-12-13(11)17(15(20)16-12)9-10-5-2-1-3-6-10/h4,7-8,10H,1-3,5-6,9H2,(H,16,20)(H,18,19). The Morgan fingerprint density at radius 2 is 2.05 bits per heavy atom. The Labute approximate surface area is 116 Å². The van der Waals surface area contributed by atoms with Crippen molar-refractivity contribution in [2.45, 2.75) is 38.6 Å². The highest BCUT2D eigenvalue weighted by Crippen LogP contribution is 2.26. The van der Waals surface area contributed by atoms with Gasteiger partial charge in [0.05, 0.1) is 16.6 Å². The molecule has 0 spiro atoms. The van der Waals surface area contributed by atoms with Crippen LogP contribution in [0.2, 0.25) is 0 Å². The predicted molar refractivity (Wildman–Crippen MR) is 76.1 cm³/mol. The third-order valence-corrected chi connectivity index (χ3v) is 4.19. The molecule has 0 unspecified atom stereocenters. The van der Waals surface area contributed by atoms with Gasteiger partial charge < -0.3 is 10.1 Å². The van der Waals surface area contributed by atoms with Gasteiger partial charge in [-0.15, -0.1) is 0 Å². The lowest BCUT2D eigenvalue weighted by Gasteiger charge is -2.21. The summed E-state index contributed by atoms with van der Waals surface area (Å²) in [6.07, 6.45) is 5.91. The second-order valence-electron chi connectivity index (χ2n) is 5.55. The van der Waals surface area contributed by atoms with Crippen molar-refractivity contribution in [1.29, 1.82) is 0 Å². The fraction of sp³-hybridized carbons (Fsp3) is 0.467. The first-order valence-electron chi connectivity index (χ1n) is 7.11. The Kier molecular flexibility index (Phi) is 3.34. The lowest BCUT2D eigenvalue weighted by Crippen LogP contribution is -2.23. The van der Waals surface area contributed by atoms with Gasteiger partial charge in [0.15, 0.2) is 0 Å². The molecule has 2 N–H and O–H groups in total. The van der Waals surface area contributed by atoms with Crippen molar-refractivity contribution < 1.29 is 9.90 Å². The maximum absolute atomic E-state index is 12.1. The summed E-state index contributed by atoms with van der Waals surface area (Å²) in [5, 5.41) is 9.29. The van der Waals surface area contributed by atoms with Crippen molar-refractivity contribution >= 4 is 17.0 Å². The smallest absolute Gasteiger partial charge is 0.337 e. The van der Waals surface area contributed by atoms with Crippen molar-refractivity contribution in [3.63, 3.8) is 0 Å². The maximum atomic E-state index is 12.1. The number of nitrogens with zero attached hydrogens (tertiary/aromatic N) is 1. The second-order valence-corrected chi connectivity index (χ2v) is 5.55. The Hall–Kier alpha value is -2.04. The van der Waals surface area contributed by atoms with Crippen LogP contribution in [0.5, 0.6) is 0 Å². The number of aromatic carboxylic acids is 1. The number of aromatic nitrogens is 2. The molecule has 1 aliphatic carbocycles. The van der Waals surface area contributed by atoms with E-state index in [9.17, 15) is 14.7 Å². The molecule has 2 aromatic rings. The minimum Gasteiger partial charge on any atom is -0.478 e. The van der Waals surface area contributed by atoms with Gasteiger partial charge in [0.25, 0.3) is 0 Å². The van der Waals surface area contributed by atoms with E-state index in [-0.39, 0.29) is 11.3 Å². The molecule has 1 heterocycles. The van der Waals surface area contributed by atoms with E-state index < -0.39 is 5.97 Å². The van der Waals surface area contributed by atoms with Crippen LogP contribution in [0.4, 0.5) is 0 Å². The molecule has 1 saturated carbocycles. The molecule has 1 aromatic heterocycles. The van der Waals surface area contributed by atoms with Gasteiger partial charge in [-0.2, -0.15) is 0 Å². The molecular weight excluding hydrogens is 256 g/mol. The molecule has 0 atom stereocenters. The number of carboxylic acid groups (broad SMARTS) is 1. The number of benzene rings is 1. The predicted octanol–water partition coefficient (Wildman–Crippen LogP) is 2.61. The summed E-state index contributed by atoms with van der Waals surface area (Å²) in [6.45, 7) is 0.614. The molecule has 3 rings (SSSR count). The first-order valence-corrected chi connectivity index (χ1v) is 7.11. The van der Waals surface area contributed by atoms with Gasteiger partial charge in [0.1, 0.15) is 0 Å². The van der Waals surface area contributed by atoms with E-state index >= 15 is 0 Å². The number of H-pyrrole nitrogens is 1. The molecule has 0 saturated heterocycles. The fourth-order valence-electron chi connectivity index (χ4n) is 3.19. The number of rotatable bonds is 3. The minimum absolute atomic E-state index is 0.191. The van der Waals surface area contributed by atoms with E-state index in [1.165, 1.54) is 19.3 Å². The SMILES string of the molecule is O=C(O)c1cccc2[nH]c(=O)n(CC3CCCCC3)c12. The summed E-state index contributed by atoms with van der Waals surface area (Å²) in [4.78, 5) is 26.2. The van der Waals surface area contributed by atoms with Crippen LogP contribution in [-0.2, 0) is 6.54 Å². The maximum Gasteiger partial charge on any atom is 0.337 e. The van der Waals surface area contributed by atoms with Gasteiger partial charge >= 0.3 is 11.7 Å². The zero-order valence-electron chi connectivity index (χ0n) is 11.3. The second kappa shape index (κ2) is 5.15. The van der Waals surface area contributed by atoms with Crippen LogP contribution in [-0.4, -0.2) is 20.6 Å². The highest BCUT2D eigenvalue weighted by molar-refractivity contribution is 6.01. The normalized spacial score (nSPS) is 16.6. The van der Waals surface area contributed by atoms with Crippen LogP contribution in [0.15, 0.2) is 23.0 Å². The molecule has 1 aromatic carbocycles. The number of aromatic amines is 1. The topological polar surface area (TPSA) is 75.1 Å². The van der Waals surface area contributed by atoms with Crippen LogP contribution >= 0.6 is 0 Å². The van der Waals surface area contributed by atoms with Crippen LogP contribution in [0.1, 0.15) is 42.5 Å². The third kappa shape index (κ3) is 2.24. The van der Waals surface area contributed by atoms with Crippen LogP contribution < -0.4 is 5.69 Å². The quantitative estimate of drug-likeness (QED) is 0.903. The van der Waals surface area contributed by atoms with E-state index in [0.29, 0.717) is 23.5 Å². The zero-order chi connectivity index (χ0) is 14.1. The van der Waals surface area contributed by atoms with Crippen molar-refractivity contribution in [3.8, 4) is 0 Å². The monoisotopic (exact) mass is 274 g/mol. The largest absolute Gasteiger partial charge is 0.478 e. The number of fused-ring (bicyclic) bond motifs is 1. The van der Waals surface area contributed by atoms with E-state index in [2.05, 4.69) is 4.98 Å². The minimum atomic E-state index is -0.994. The molecule has 1 fully saturated rings. The highest BCUT2D eigenvalue weighted by Gasteiger charge is 2.19. The Balaban J connectivity index is 2.06. The zero-order valence-corrected chi connectivity index (χ0v) is 11.3. The molecule has 0 radical (unpaired) electrons. The summed E-state index contributed by atoms with van der Waals surface area (Å²) < 4.78 is 1.61. The summed E-state index contributed by atoms with van der Waals surface area (Å²) in [6, 6.07) is 4.96. The van der Waals surface area contributed by atoms with Gasteiger partial charge in [0.2, 0.25) is 0 Å². The van der Waals surface area contributed by atoms with Gasteiger partial charge in [-0.1, -0.05) is 25.3 Å². The third-order valence-electron chi connectivity index (χ3n) is 4.19. The van der Waals surface area contributed by atoms with Crippen molar-refractivity contribution in [1.82, 2.24) is 9.55 Å². The number of para-hydroxylation sites is 1. The molecule has 20 heavy (non-hydrogen) atoms. The lowest BCUT2D eigenvalue weighted by atomic mass is 9.89. The summed E-state index contributed by atoms with van der Waals surface area (Å²) >= 11 is 0. The average Bonchev–Trinajstić information content (AvgIpc) is 2.76. The van der Waals surface area contributed by atoms with Crippen molar-refractivity contribution in [2.24, 2.45) is 5.92 Å². The molecule has 5 heteroatoms. The van der Waals surface area contributed by atoms with E-state index in [0.717, 1.165) is 12.8 Å². The Morgan fingerprint density at radius 3 is 2.75 bits per heavy atom. The van der Waals surface area contributed by atoms with Gasteiger partial charge in [0, 0.05) is 6.54 Å². The molecule has 106 valence electrons. The number of carbonyl (C=O) groups is 1. The number of imidazole rings is 1. The van der Waals surface area contributed by atoms with Crippen LogP contribution in [0.25, 0.3) is 11.0 Å². The number of hydrogen-bond donors (Lipinski definition) is 2. The highest BCUT2D eigenvalue weighted by atomic mass is 16.4. The number of carboxylic acids is 1. The molecule has 0 amide bonds. The molecule has 5 nitrogen and oxygen atoms in total. The molecular formula is C15H18N2O3. The average molecular weight is 274 g/mol. The molecule has 0 bridgehead atoms. The molecule has 0 aliphatic heterocycles. The van der Waals surface area contributed by atoms with Gasteiger partial charge in [-0.05, 0) is 30.9 Å². The van der Waals surface area contributed by atoms with E-state index in [1.807, 2.05) is 0 Å². The summed E-state index contributed by atoms with van der Waals surface area (Å²) in [5.74, 6) is -0.519. The Bertz CT molecular complexity index is 693. The first-order chi connectivity index (χ1) is 9.66. The fourth-order valence-corrected chi connectivity index (χ4v) is 3.19.